The summed E-state index contributed by atoms with van der Waals surface area (Å²) >= 11 is 6.31. The van der Waals surface area contributed by atoms with Crippen molar-refractivity contribution in [3.63, 3.8) is 0 Å². The molecule has 234 valence electrons. The second-order valence-corrected chi connectivity index (χ2v) is 12.4. The van der Waals surface area contributed by atoms with Gasteiger partial charge in [0.05, 0.1) is 29.4 Å². The number of anilines is 1. The predicted molar refractivity (Wildman–Crippen MR) is 171 cm³/mol. The van der Waals surface area contributed by atoms with Gasteiger partial charge >= 0.3 is 0 Å². The highest BCUT2D eigenvalue weighted by Crippen LogP contribution is 2.37. The lowest BCUT2D eigenvalue weighted by Gasteiger charge is -2.34. The van der Waals surface area contributed by atoms with E-state index in [1.165, 1.54) is 11.0 Å². The molecule has 3 aromatic rings. The summed E-state index contributed by atoms with van der Waals surface area (Å²) < 4.78 is 5.24. The number of hydrogen-bond acceptors (Lipinski definition) is 6. The third-order valence-corrected chi connectivity index (χ3v) is 8.92. The molecule has 1 heterocycles. The van der Waals surface area contributed by atoms with Gasteiger partial charge in [0.25, 0.3) is 11.8 Å². The monoisotopic (exact) mass is 620 g/mol. The zero-order valence-corrected chi connectivity index (χ0v) is 26.6. The first kappa shape index (κ1) is 32.8. The van der Waals surface area contributed by atoms with E-state index in [1.54, 1.807) is 43.5 Å². The first-order valence-corrected chi connectivity index (χ1v) is 15.0. The molecule has 0 aliphatic carbocycles. The number of nitrogens with one attached hydrogen (secondary N) is 2. The number of nitrogen functional groups attached to an aromatic ring is 1. The topological polar surface area (TPSA) is 134 Å². The van der Waals surface area contributed by atoms with Gasteiger partial charge in [-0.05, 0) is 78.6 Å². The van der Waals surface area contributed by atoms with Gasteiger partial charge < -0.3 is 31.1 Å². The van der Waals surface area contributed by atoms with Gasteiger partial charge in [-0.15, -0.1) is 0 Å². The Hall–Kier alpha value is -4.08. The Kier molecular flexibility index (Phi) is 10.2. The number of aliphatic hydroxyl groups excluding tert-OH is 1. The number of halogens is 1. The summed E-state index contributed by atoms with van der Waals surface area (Å²) in [5, 5.41) is 17.5. The quantitative estimate of drug-likeness (QED) is 0.251. The standard InChI is InChI=1S/C34H41ClN4O5/c1-20-8-6-9-21(2)25(20)19-37-32(42)30-34(3,4)16-17-39(30)33(43)29(40)27(18-22-12-14-23(44-5)15-13-22)38-31(41)24-10-7-11-26(36)28(24)35/h6-15,27,29-30,40H,16-19,36H2,1-5H3,(H,37,42)(H,38,41)/t27-,29-,30?/m0/s1. The van der Waals surface area contributed by atoms with E-state index in [4.69, 9.17) is 22.1 Å². The third kappa shape index (κ3) is 7.17. The van der Waals surface area contributed by atoms with Crippen molar-refractivity contribution in [3.05, 3.63) is 93.5 Å². The maximum atomic E-state index is 14.0. The van der Waals surface area contributed by atoms with Crippen LogP contribution in [-0.2, 0) is 22.6 Å². The summed E-state index contributed by atoms with van der Waals surface area (Å²) in [5.74, 6) is -0.873. The number of likely N-dealkylation sites (tertiary alicyclic amines) is 1. The summed E-state index contributed by atoms with van der Waals surface area (Å²) in [7, 11) is 1.56. The minimum Gasteiger partial charge on any atom is -0.497 e. The number of nitrogens with zero attached hydrogens (tertiary/aromatic N) is 1. The number of aryl methyl sites for hydroxylation is 2. The summed E-state index contributed by atoms with van der Waals surface area (Å²) in [6, 6.07) is 15.9. The average molecular weight is 621 g/mol. The van der Waals surface area contributed by atoms with E-state index in [9.17, 15) is 19.5 Å². The zero-order valence-electron chi connectivity index (χ0n) is 25.8. The minimum absolute atomic E-state index is 0.0796. The van der Waals surface area contributed by atoms with Crippen molar-refractivity contribution in [2.75, 3.05) is 19.4 Å². The molecule has 4 rings (SSSR count). The van der Waals surface area contributed by atoms with Gasteiger partial charge in [-0.1, -0.05) is 61.8 Å². The fourth-order valence-corrected chi connectivity index (χ4v) is 6.01. The van der Waals surface area contributed by atoms with Crippen LogP contribution in [0.25, 0.3) is 0 Å². The fourth-order valence-electron chi connectivity index (χ4n) is 5.80. The Labute approximate surface area is 263 Å². The van der Waals surface area contributed by atoms with Gasteiger partial charge in [-0.25, -0.2) is 0 Å². The molecule has 0 saturated carbocycles. The molecule has 1 fully saturated rings. The van der Waals surface area contributed by atoms with Crippen molar-refractivity contribution in [2.45, 2.75) is 65.3 Å². The maximum Gasteiger partial charge on any atom is 0.254 e. The van der Waals surface area contributed by atoms with Crippen molar-refractivity contribution in [2.24, 2.45) is 5.41 Å². The van der Waals surface area contributed by atoms with Gasteiger partial charge in [0.15, 0.2) is 6.10 Å². The molecular weight excluding hydrogens is 580 g/mol. The SMILES string of the molecule is COc1ccc(C[C@H](NC(=O)c2cccc(N)c2Cl)[C@H](O)C(=O)N2CCC(C)(C)C2C(=O)NCc2c(C)cccc2C)cc1. The largest absolute Gasteiger partial charge is 0.497 e. The van der Waals surface area contributed by atoms with Crippen LogP contribution < -0.4 is 21.1 Å². The Morgan fingerprint density at radius 3 is 2.34 bits per heavy atom. The van der Waals surface area contributed by atoms with E-state index in [-0.39, 0.29) is 35.1 Å². The molecule has 3 atom stereocenters. The molecule has 0 aromatic heterocycles. The van der Waals surface area contributed by atoms with Gasteiger partial charge in [-0.3, -0.25) is 14.4 Å². The van der Waals surface area contributed by atoms with Crippen LogP contribution in [0, 0.1) is 19.3 Å². The predicted octanol–water partition coefficient (Wildman–Crippen LogP) is 4.19. The molecule has 1 unspecified atom stereocenters. The molecule has 3 aromatic carbocycles. The molecular formula is C34H41ClN4O5. The minimum atomic E-state index is -1.65. The van der Waals surface area contributed by atoms with E-state index < -0.39 is 35.4 Å². The first-order valence-electron chi connectivity index (χ1n) is 14.6. The highest BCUT2D eigenvalue weighted by atomic mass is 35.5. The summed E-state index contributed by atoms with van der Waals surface area (Å²) in [4.78, 5) is 42.4. The van der Waals surface area contributed by atoms with Crippen molar-refractivity contribution in [1.82, 2.24) is 15.5 Å². The molecule has 0 spiro atoms. The molecule has 44 heavy (non-hydrogen) atoms. The highest BCUT2D eigenvalue weighted by molar-refractivity contribution is 6.36. The number of aliphatic hydroxyl groups is 1. The number of ether oxygens (including phenoxy) is 1. The van der Waals surface area contributed by atoms with Gasteiger partial charge in [0, 0.05) is 13.1 Å². The molecule has 1 aliphatic heterocycles. The number of rotatable bonds is 10. The zero-order chi connectivity index (χ0) is 32.2. The van der Waals surface area contributed by atoms with Crippen molar-refractivity contribution in [3.8, 4) is 5.75 Å². The summed E-state index contributed by atoms with van der Waals surface area (Å²) in [6.45, 7) is 8.48. The van der Waals surface area contributed by atoms with Crippen LogP contribution in [0.15, 0.2) is 60.7 Å². The van der Waals surface area contributed by atoms with Crippen molar-refractivity contribution < 1.29 is 24.2 Å². The van der Waals surface area contributed by atoms with Crippen LogP contribution in [0.1, 0.15) is 52.9 Å². The highest BCUT2D eigenvalue weighted by Gasteiger charge is 2.49. The van der Waals surface area contributed by atoms with E-state index in [1.807, 2.05) is 45.9 Å². The second-order valence-electron chi connectivity index (χ2n) is 12.0. The number of carbonyl (C=O) groups is 3. The Balaban J connectivity index is 1.58. The lowest BCUT2D eigenvalue weighted by molar-refractivity contribution is -0.148. The maximum absolute atomic E-state index is 14.0. The molecule has 1 aliphatic rings. The molecule has 5 N–H and O–H groups in total. The van der Waals surface area contributed by atoms with Gasteiger partial charge in [0.1, 0.15) is 11.8 Å². The van der Waals surface area contributed by atoms with Gasteiger partial charge in [0.2, 0.25) is 5.91 Å². The van der Waals surface area contributed by atoms with E-state index in [2.05, 4.69) is 10.6 Å². The first-order chi connectivity index (χ1) is 20.8. The van der Waals surface area contributed by atoms with Gasteiger partial charge in [-0.2, -0.15) is 0 Å². The normalized spacial score (nSPS) is 17.1. The number of hydrogen-bond donors (Lipinski definition) is 4. The smallest absolute Gasteiger partial charge is 0.254 e. The van der Waals surface area contributed by atoms with Crippen molar-refractivity contribution >= 4 is 35.0 Å². The Bertz CT molecular complexity index is 1500. The van der Waals surface area contributed by atoms with Crippen molar-refractivity contribution in [1.29, 1.82) is 0 Å². The number of carbonyl (C=O) groups excluding carboxylic acids is 3. The average Bonchev–Trinajstić information content (AvgIpc) is 3.32. The lowest BCUT2D eigenvalue weighted by atomic mass is 9.84. The second kappa shape index (κ2) is 13.7. The Morgan fingerprint density at radius 2 is 1.70 bits per heavy atom. The molecule has 1 saturated heterocycles. The molecule has 3 amide bonds. The lowest BCUT2D eigenvalue weighted by Crippen LogP contribution is -2.57. The van der Waals surface area contributed by atoms with E-state index in [0.717, 1.165) is 22.3 Å². The number of benzene rings is 3. The van der Waals surface area contributed by atoms with Crippen LogP contribution >= 0.6 is 11.6 Å². The number of methoxy groups -OCH3 is 1. The Morgan fingerprint density at radius 1 is 1.07 bits per heavy atom. The summed E-state index contributed by atoms with van der Waals surface area (Å²) in [6.07, 6.45) is -0.950. The molecule has 0 bridgehead atoms. The number of amides is 3. The van der Waals surface area contributed by atoms with Crippen LogP contribution in [0.4, 0.5) is 5.69 Å². The van der Waals surface area contributed by atoms with E-state index >= 15 is 0 Å². The molecule has 10 heteroatoms. The van der Waals surface area contributed by atoms with Crippen LogP contribution in [-0.4, -0.2) is 59.6 Å². The van der Waals surface area contributed by atoms with Crippen LogP contribution in [0.2, 0.25) is 5.02 Å². The molecule has 0 radical (unpaired) electrons. The fraction of sp³-hybridized carbons (Fsp3) is 0.382. The summed E-state index contributed by atoms with van der Waals surface area (Å²) in [5.41, 5.74) is 9.64. The molecule has 9 nitrogen and oxygen atoms in total. The van der Waals surface area contributed by atoms with Crippen LogP contribution in [0.3, 0.4) is 0 Å². The third-order valence-electron chi connectivity index (χ3n) is 8.50. The number of nitrogens with two attached hydrogens (primary N) is 1. The van der Waals surface area contributed by atoms with Crippen LogP contribution in [0.5, 0.6) is 5.75 Å². The van der Waals surface area contributed by atoms with E-state index in [0.29, 0.717) is 18.7 Å².